The van der Waals surface area contributed by atoms with E-state index in [0.717, 1.165) is 0 Å². The topological polar surface area (TPSA) is 117 Å². The van der Waals surface area contributed by atoms with Crippen molar-refractivity contribution in [3.63, 3.8) is 0 Å². The fourth-order valence-electron chi connectivity index (χ4n) is 3.52. The predicted octanol–water partition coefficient (Wildman–Crippen LogP) is 5.45. The summed E-state index contributed by atoms with van der Waals surface area (Å²) in [7, 11) is -3.91. The maximum atomic E-state index is 13.4. The molecule has 1 aliphatic heterocycles. The molecule has 2 heterocycles. The number of nitrogens with zero attached hydrogens (tertiary/aromatic N) is 2. The van der Waals surface area contributed by atoms with Gasteiger partial charge in [0, 0.05) is 4.88 Å². The van der Waals surface area contributed by atoms with Crippen molar-refractivity contribution in [2.45, 2.75) is 25.5 Å². The minimum atomic E-state index is -3.91. The number of para-hydroxylation sites is 1. The van der Waals surface area contributed by atoms with Crippen LogP contribution in [0.5, 0.6) is 11.5 Å². The number of benzene rings is 2. The van der Waals surface area contributed by atoms with Crippen LogP contribution in [0.1, 0.15) is 31.2 Å². The molecule has 2 aromatic carbocycles. The van der Waals surface area contributed by atoms with E-state index in [-0.39, 0.29) is 10.7 Å². The molecular formula is C28H23N3O5S3. The number of nitrogens with one attached hydrogen (secondary N) is 1. The molecule has 0 spiro atoms. The Kier molecular flexibility index (Phi) is 7.83. The van der Waals surface area contributed by atoms with Crippen LogP contribution in [0.2, 0.25) is 0 Å². The summed E-state index contributed by atoms with van der Waals surface area (Å²) in [5.41, 5.74) is 0.637. The number of nitriles is 1. The first-order chi connectivity index (χ1) is 18.4. The molecule has 8 nitrogen and oxygen atoms in total. The Morgan fingerprint density at radius 2 is 1.69 bits per heavy atom. The third-order valence-electron chi connectivity index (χ3n) is 5.67. The summed E-state index contributed by atoms with van der Waals surface area (Å²) in [5.74, 6) is -0.130. The van der Waals surface area contributed by atoms with Crippen molar-refractivity contribution in [1.82, 2.24) is 5.32 Å². The summed E-state index contributed by atoms with van der Waals surface area (Å²) in [4.78, 5) is 27.4. The minimum Gasteiger partial charge on any atom is -0.457 e. The fraction of sp³-hybridized carbons (Fsp3) is 0.143. The molecule has 4 rings (SSSR count). The lowest BCUT2D eigenvalue weighted by molar-refractivity contribution is -0.122. The number of sulfone groups is 1. The van der Waals surface area contributed by atoms with Gasteiger partial charge in [-0.3, -0.25) is 19.8 Å². The van der Waals surface area contributed by atoms with Gasteiger partial charge in [0.15, 0.2) is 14.9 Å². The van der Waals surface area contributed by atoms with Crippen molar-refractivity contribution in [2.75, 3.05) is 4.90 Å². The Morgan fingerprint density at radius 3 is 2.31 bits per heavy atom. The number of rotatable bonds is 6. The number of thiophene rings is 1. The zero-order chi connectivity index (χ0) is 28.4. The monoisotopic (exact) mass is 577 g/mol. The van der Waals surface area contributed by atoms with E-state index < -0.39 is 31.3 Å². The highest BCUT2D eigenvalue weighted by molar-refractivity contribution is 7.97. The molecule has 198 valence electrons. The van der Waals surface area contributed by atoms with Crippen molar-refractivity contribution in [3.8, 4) is 17.6 Å². The first kappa shape index (κ1) is 27.9. The van der Waals surface area contributed by atoms with E-state index in [1.54, 1.807) is 41.8 Å². The van der Waals surface area contributed by atoms with Gasteiger partial charge in [-0.15, -0.1) is 11.3 Å². The van der Waals surface area contributed by atoms with Gasteiger partial charge in [0.05, 0.1) is 10.4 Å². The molecule has 1 aromatic heterocycles. The van der Waals surface area contributed by atoms with Crippen LogP contribution in [0.15, 0.2) is 76.5 Å². The smallest absolute Gasteiger partial charge is 0.270 e. The number of thiocarbonyl (C=S) groups is 1. The van der Waals surface area contributed by atoms with Gasteiger partial charge >= 0.3 is 0 Å². The standard InChI is InChI=1S/C28H23N3O5S3/c1-28(2,3)39(34,35)22(17-29)16-24-18(13-14-38-24)15-23-25(32)30-27(37)31(26(23)33)19-9-11-21(12-10-19)36-20-7-5-4-6-8-20/h4-16H,1-3H3,(H,30,32,37)/b22-16+,23-15+. The minimum absolute atomic E-state index is 0.0765. The van der Waals surface area contributed by atoms with Crippen LogP contribution in [0, 0.1) is 11.3 Å². The van der Waals surface area contributed by atoms with Gasteiger partial charge < -0.3 is 4.74 Å². The SMILES string of the molecule is CC(C)(C)S(=O)(=O)/C(C#N)=C/c1sccc1/C=C1\C(=O)NC(=S)N(c2ccc(Oc3ccccc3)cc2)C1=O. The van der Waals surface area contributed by atoms with E-state index in [1.165, 1.54) is 49.2 Å². The molecule has 2 amide bonds. The molecule has 0 radical (unpaired) electrons. The van der Waals surface area contributed by atoms with E-state index in [0.29, 0.717) is 27.6 Å². The van der Waals surface area contributed by atoms with Crippen molar-refractivity contribution in [2.24, 2.45) is 0 Å². The van der Waals surface area contributed by atoms with Gasteiger partial charge in [-0.25, -0.2) is 8.42 Å². The van der Waals surface area contributed by atoms with E-state index >= 15 is 0 Å². The van der Waals surface area contributed by atoms with Crippen molar-refractivity contribution < 1.29 is 22.7 Å². The van der Waals surface area contributed by atoms with Gasteiger partial charge in [-0.05, 0) is 98.5 Å². The Bertz CT molecular complexity index is 1660. The molecule has 11 heteroatoms. The maximum absolute atomic E-state index is 13.4. The Morgan fingerprint density at radius 1 is 1.05 bits per heavy atom. The van der Waals surface area contributed by atoms with Crippen LogP contribution in [-0.4, -0.2) is 30.1 Å². The second kappa shape index (κ2) is 10.9. The van der Waals surface area contributed by atoms with Crippen LogP contribution < -0.4 is 15.0 Å². The number of ether oxygens (including phenoxy) is 1. The lowest BCUT2D eigenvalue weighted by Gasteiger charge is -2.29. The van der Waals surface area contributed by atoms with Crippen molar-refractivity contribution in [3.05, 3.63) is 87.0 Å². The second-order valence-corrected chi connectivity index (χ2v) is 13.3. The number of hydrogen-bond acceptors (Lipinski definition) is 8. The van der Waals surface area contributed by atoms with E-state index in [9.17, 15) is 23.3 Å². The second-order valence-electron chi connectivity index (χ2n) is 9.34. The van der Waals surface area contributed by atoms with Gasteiger partial charge in [0.2, 0.25) is 0 Å². The molecule has 1 saturated heterocycles. The lowest BCUT2D eigenvalue weighted by atomic mass is 10.1. The third kappa shape index (κ3) is 5.83. The molecule has 0 bridgehead atoms. The summed E-state index contributed by atoms with van der Waals surface area (Å²) in [6, 6.07) is 19.3. The van der Waals surface area contributed by atoms with Gasteiger partial charge in [0.1, 0.15) is 28.0 Å². The first-order valence-electron chi connectivity index (χ1n) is 11.6. The highest BCUT2D eigenvalue weighted by atomic mass is 32.2. The number of anilines is 1. The average molecular weight is 578 g/mol. The quantitative estimate of drug-likeness (QED) is 0.179. The summed E-state index contributed by atoms with van der Waals surface area (Å²) < 4.78 is 30.3. The zero-order valence-corrected chi connectivity index (χ0v) is 23.6. The van der Waals surface area contributed by atoms with Crippen LogP contribution in [0.3, 0.4) is 0 Å². The summed E-state index contributed by atoms with van der Waals surface area (Å²) in [6.45, 7) is 4.52. The van der Waals surface area contributed by atoms with E-state index in [1.807, 2.05) is 30.3 Å². The molecule has 39 heavy (non-hydrogen) atoms. The fourth-order valence-corrected chi connectivity index (χ4v) is 5.74. The van der Waals surface area contributed by atoms with Crippen molar-refractivity contribution >= 4 is 68.2 Å². The van der Waals surface area contributed by atoms with Gasteiger partial charge in [-0.2, -0.15) is 5.26 Å². The summed E-state index contributed by atoms with van der Waals surface area (Å²) in [6.07, 6.45) is 2.62. The van der Waals surface area contributed by atoms with Gasteiger partial charge in [-0.1, -0.05) is 18.2 Å². The van der Waals surface area contributed by atoms with E-state index in [2.05, 4.69) is 5.32 Å². The Balaban J connectivity index is 1.65. The predicted molar refractivity (Wildman–Crippen MR) is 156 cm³/mol. The number of hydrogen-bond donors (Lipinski definition) is 1. The molecular weight excluding hydrogens is 555 g/mol. The normalized spacial score (nSPS) is 15.7. The number of allylic oxidation sites excluding steroid dienone is 1. The average Bonchev–Trinajstić information content (AvgIpc) is 3.32. The molecule has 0 saturated carbocycles. The zero-order valence-electron chi connectivity index (χ0n) is 21.2. The number of carbonyl (C=O) groups excluding carboxylic acids is 2. The molecule has 1 aliphatic rings. The molecule has 1 fully saturated rings. The maximum Gasteiger partial charge on any atom is 0.270 e. The highest BCUT2D eigenvalue weighted by Gasteiger charge is 2.35. The van der Waals surface area contributed by atoms with Crippen LogP contribution in [0.25, 0.3) is 12.2 Å². The lowest BCUT2D eigenvalue weighted by Crippen LogP contribution is -2.54. The Hall–Kier alpha value is -4.11. The largest absolute Gasteiger partial charge is 0.457 e. The third-order valence-corrected chi connectivity index (χ3v) is 9.24. The van der Waals surface area contributed by atoms with Crippen molar-refractivity contribution in [1.29, 1.82) is 5.26 Å². The highest BCUT2D eigenvalue weighted by Crippen LogP contribution is 2.31. The molecule has 3 aromatic rings. The molecule has 0 aliphatic carbocycles. The molecule has 0 unspecified atom stereocenters. The van der Waals surface area contributed by atoms with Crippen LogP contribution in [-0.2, 0) is 19.4 Å². The summed E-state index contributed by atoms with van der Waals surface area (Å²) >= 11 is 6.46. The van der Waals surface area contributed by atoms with Gasteiger partial charge in [0.25, 0.3) is 11.8 Å². The summed E-state index contributed by atoms with van der Waals surface area (Å²) in [5, 5.41) is 13.7. The molecule has 1 N–H and O–H groups in total. The molecule has 0 atom stereocenters. The number of carbonyl (C=O) groups is 2. The number of amides is 2. The Labute approximate surface area is 235 Å². The van der Waals surface area contributed by atoms with Crippen LogP contribution >= 0.6 is 23.6 Å². The van der Waals surface area contributed by atoms with Crippen LogP contribution in [0.4, 0.5) is 5.69 Å². The first-order valence-corrected chi connectivity index (χ1v) is 14.4. The van der Waals surface area contributed by atoms with E-state index in [4.69, 9.17) is 17.0 Å².